The van der Waals surface area contributed by atoms with E-state index in [4.69, 9.17) is 161 Å². The molecule has 7 saturated heterocycles. The molecule has 0 aromatic rings. The lowest BCUT2D eigenvalue weighted by atomic mass is 9.94. The van der Waals surface area contributed by atoms with Crippen LogP contribution in [0.4, 0.5) is 0 Å². The fourth-order valence-electron chi connectivity index (χ4n) is 14.8. The fourth-order valence-corrected chi connectivity index (χ4v) is 14.8. The highest BCUT2D eigenvalue weighted by Gasteiger charge is 2.61. The molecule has 0 N–H and O–H groups in total. The molecule has 7 fully saturated rings. The third-order valence-electron chi connectivity index (χ3n) is 19.4. The van der Waals surface area contributed by atoms with Crippen LogP contribution >= 0.6 is 0 Å². The summed E-state index contributed by atoms with van der Waals surface area (Å²) in [4.78, 5) is 5.98. The van der Waals surface area contributed by atoms with Crippen molar-refractivity contribution in [3.63, 3.8) is 0 Å². The van der Waals surface area contributed by atoms with Crippen LogP contribution in [0.3, 0.4) is 0 Å². The second-order valence-electron chi connectivity index (χ2n) is 24.8. The van der Waals surface area contributed by atoms with Gasteiger partial charge in [-0.2, -0.15) is 0 Å². The molecule has 40 heteroatoms. The molecule has 7 rings (SSSR count). The molecule has 0 bridgehead atoms. The molecule has 0 unspecified atom stereocenters. The van der Waals surface area contributed by atoms with Crippen LogP contribution in [-0.2, 0) is 161 Å². The van der Waals surface area contributed by atoms with Crippen molar-refractivity contribution in [2.45, 2.75) is 215 Å². The molecule has 7 heterocycles. The monoisotopic (exact) mass is 1500 g/mol. The first-order valence-electron chi connectivity index (χ1n) is 33.5. The van der Waals surface area contributed by atoms with Gasteiger partial charge in [-0.3, -0.25) is 0 Å². The van der Waals surface area contributed by atoms with E-state index in [0.717, 1.165) is 0 Å². The minimum Gasteiger partial charge on any atom is -0.382 e. The van der Waals surface area contributed by atoms with Gasteiger partial charge < -0.3 is 161 Å². The van der Waals surface area contributed by atoms with Gasteiger partial charge in [0.15, 0.2) is 44.0 Å². The van der Waals surface area contributed by atoms with Crippen molar-refractivity contribution in [2.24, 2.45) is 10.2 Å². The summed E-state index contributed by atoms with van der Waals surface area (Å²) in [5.74, 6) is 0. The van der Waals surface area contributed by atoms with E-state index in [0.29, 0.717) is 0 Å². The summed E-state index contributed by atoms with van der Waals surface area (Å²) in [5.41, 5.74) is 18.9. The Bertz CT molecular complexity index is 2480. The van der Waals surface area contributed by atoms with Crippen LogP contribution in [0.15, 0.2) is 10.2 Å². The topological polar surface area (TPSA) is 411 Å². The highest BCUT2D eigenvalue weighted by Crippen LogP contribution is 2.42. The summed E-state index contributed by atoms with van der Waals surface area (Å²) in [6, 6.07) is -0.838. The average Bonchev–Trinajstić information content (AvgIpc) is 0.768. The van der Waals surface area contributed by atoms with Gasteiger partial charge in [0.25, 0.3) is 0 Å². The van der Waals surface area contributed by atoms with Crippen LogP contribution in [0.5, 0.6) is 0 Å². The summed E-state index contributed by atoms with van der Waals surface area (Å²) in [7, 11) is 31.2. The van der Waals surface area contributed by atoms with Gasteiger partial charge in [-0.1, -0.05) is 10.2 Å². The van der Waals surface area contributed by atoms with Crippen molar-refractivity contribution in [1.29, 1.82) is 0 Å². The summed E-state index contributed by atoms with van der Waals surface area (Å²) >= 11 is 0. The van der Waals surface area contributed by atoms with Crippen molar-refractivity contribution in [2.75, 3.05) is 196 Å². The highest BCUT2D eigenvalue weighted by atomic mass is 16.8. The zero-order chi connectivity index (χ0) is 75.0. The summed E-state index contributed by atoms with van der Waals surface area (Å²) in [5, 5.41) is 7.77. The van der Waals surface area contributed by atoms with Crippen molar-refractivity contribution in [1.82, 2.24) is 0 Å². The maximum Gasteiger partial charge on any atom is 0.187 e. The largest absolute Gasteiger partial charge is 0.382 e. The van der Waals surface area contributed by atoms with Crippen LogP contribution in [-0.4, -0.2) is 410 Å². The lowest BCUT2D eigenvalue weighted by Gasteiger charge is -2.52. The molecule has 0 aromatic heterocycles. The van der Waals surface area contributed by atoms with E-state index in [2.05, 4.69) is 20.1 Å². The van der Waals surface area contributed by atoms with Crippen LogP contribution in [0.25, 0.3) is 20.9 Å². The Balaban J connectivity index is 1.11. The van der Waals surface area contributed by atoms with Crippen LogP contribution < -0.4 is 0 Å². The normalized spacial score (nSPS) is 43.2. The van der Waals surface area contributed by atoms with Gasteiger partial charge in [0.05, 0.1) is 64.5 Å². The fraction of sp³-hybridized carbons (Fsp3) is 1.00. The Labute approximate surface area is 600 Å². The van der Waals surface area contributed by atoms with E-state index < -0.39 is 215 Å². The lowest BCUT2D eigenvalue weighted by Crippen LogP contribution is -2.69. The van der Waals surface area contributed by atoms with Gasteiger partial charge in [0.2, 0.25) is 0 Å². The summed E-state index contributed by atoms with van der Waals surface area (Å²) < 4.78 is 214. The molecular weight excluding hydrogens is 1380 g/mol. The van der Waals surface area contributed by atoms with Crippen molar-refractivity contribution < 1.29 is 161 Å². The molecule has 0 aromatic carbocycles. The van der Waals surface area contributed by atoms with Gasteiger partial charge in [0.1, 0.15) is 153 Å². The van der Waals surface area contributed by atoms with E-state index in [9.17, 15) is 11.1 Å². The van der Waals surface area contributed by atoms with Crippen LogP contribution in [0.2, 0.25) is 0 Å². The molecular formula is C63H112N6O34. The van der Waals surface area contributed by atoms with Crippen molar-refractivity contribution >= 4 is 0 Å². The molecule has 35 atom stereocenters. The molecule has 103 heavy (non-hydrogen) atoms. The SMILES string of the molecule is COC[C@H]1O[C@H](O[C@H]2[C@H](OC)[C@@H](OC)[C@@H](O[C@H]3[C@H](OC)[C@@H](OC)[C@@H](O[C@H]4[C@H](OC)[C@@H](OC)[C@@H](O[C@H]5[C@H](OC)[C@@H](OC)[C@@H](O[C@H]6[C@H](OC)[C@@H](OC)[C@@H](O[C@H]7[C@H](OC)[C@@H](OC)[C@H](N=[N+]=[N-])O[C@@H]7COC)O[C@@H]6COC)O[C@@H]5COC)O[C@@H]4COC)O[C@@H]3COC)O[C@@H]2COC)[C@H](OC)[C@@H](OC)[C@@H]1N=[N+]=[N-]. The van der Waals surface area contributed by atoms with Gasteiger partial charge in [-0.15, -0.1) is 0 Å². The average molecular weight is 1500 g/mol. The molecule has 598 valence electrons. The van der Waals surface area contributed by atoms with Gasteiger partial charge >= 0.3 is 0 Å². The number of methoxy groups -OCH3 is 21. The first-order valence-corrected chi connectivity index (χ1v) is 33.5. The van der Waals surface area contributed by atoms with Crippen LogP contribution in [0, 0.1) is 0 Å². The van der Waals surface area contributed by atoms with E-state index in [1.165, 1.54) is 149 Å². The second kappa shape index (κ2) is 44.2. The molecule has 7 aliphatic rings. The Kier molecular flexibility index (Phi) is 37.5. The standard InChI is InChI=1S/C63H112N6O34/c1-70-22-29-36(66-68-64)43(77-8)51(85-16)58(92-29)99-38-31(24-72-3)94-60(53(87-18)45(38)79-10)101-40-33(26-74-5)96-62(55(89-20)47(40)81-12)103-42-35(28-76-7)97-63(56(90-21)49(42)83-14)102-41-34(27-75-6)95-61(54(88-19)48(41)82-13)100-39-32(25-73-4)93-59(52(86-17)46(39)80-11)98-37-30(23-71-2)91-57(67-69-65)50(84-15)44(37)78-9/h29-63H,22-28H2,1-21H3/t29-,30-,31-,32-,33-,34-,35-,36-,37-,38-,39-,40-,41-,42-,43+,44+,45+,46+,47+,48+,49+,50-,51-,52-,53-,54-,55-,56-,57-,58-,59-,60-,61-,62-,63-/m1/s1. The Morgan fingerprint density at radius 3 is 0.602 bits per heavy atom. The number of hydrogen-bond acceptors (Lipinski definition) is 36. The Morgan fingerprint density at radius 2 is 0.398 bits per heavy atom. The maximum absolute atomic E-state index is 9.50. The third kappa shape index (κ3) is 20.1. The van der Waals surface area contributed by atoms with Crippen LogP contribution in [0.1, 0.15) is 0 Å². The maximum atomic E-state index is 9.50. The molecule has 7 aliphatic heterocycles. The van der Waals surface area contributed by atoms with Gasteiger partial charge in [-0.25, -0.2) is 0 Å². The van der Waals surface area contributed by atoms with E-state index in [-0.39, 0.29) is 46.2 Å². The quantitative estimate of drug-likeness (QED) is 0.0444. The van der Waals surface area contributed by atoms with E-state index >= 15 is 0 Å². The van der Waals surface area contributed by atoms with Crippen molar-refractivity contribution in [3.05, 3.63) is 20.9 Å². The zero-order valence-corrected chi connectivity index (χ0v) is 62.7. The first kappa shape index (κ1) is 87.5. The number of rotatable bonds is 42. The predicted octanol–water partition coefficient (Wildman–Crippen LogP) is 0.0959. The Morgan fingerprint density at radius 1 is 0.214 bits per heavy atom. The predicted molar refractivity (Wildman–Crippen MR) is 346 cm³/mol. The molecule has 0 amide bonds. The number of ether oxygens (including phenoxy) is 34. The summed E-state index contributed by atoms with van der Waals surface area (Å²) in [6.45, 7) is -0.209. The number of hydrogen-bond donors (Lipinski definition) is 0. The van der Waals surface area contributed by atoms with Gasteiger partial charge in [-0.05, 0) is 11.1 Å². The molecule has 0 radical (unpaired) electrons. The van der Waals surface area contributed by atoms with Gasteiger partial charge in [0, 0.05) is 159 Å². The highest BCUT2D eigenvalue weighted by molar-refractivity contribution is 5.04. The third-order valence-corrected chi connectivity index (χ3v) is 19.4. The van der Waals surface area contributed by atoms with E-state index in [1.807, 2.05) is 0 Å². The molecule has 40 nitrogen and oxygen atoms in total. The first-order chi connectivity index (χ1) is 50.1. The minimum atomic E-state index is -1.25. The number of nitrogens with zero attached hydrogens (tertiary/aromatic N) is 6. The zero-order valence-electron chi connectivity index (χ0n) is 62.7. The molecule has 0 saturated carbocycles. The Hall–Kier alpha value is -2.74. The molecule has 0 spiro atoms. The molecule has 0 aliphatic carbocycles. The lowest BCUT2D eigenvalue weighted by molar-refractivity contribution is -0.403. The van der Waals surface area contributed by atoms with Crippen molar-refractivity contribution in [3.8, 4) is 0 Å². The minimum absolute atomic E-state index is 0.0114. The van der Waals surface area contributed by atoms with E-state index in [1.54, 1.807) is 0 Å². The second-order valence-corrected chi connectivity index (χ2v) is 24.8. The summed E-state index contributed by atoms with van der Waals surface area (Å²) in [6.07, 6.45) is -34.1. The number of azide groups is 2. The smallest absolute Gasteiger partial charge is 0.187 e.